The van der Waals surface area contributed by atoms with Gasteiger partial charge in [0.05, 0.1) is 16.9 Å². The number of amides is 1. The zero-order valence-corrected chi connectivity index (χ0v) is 9.82. The lowest BCUT2D eigenvalue weighted by Crippen LogP contribution is -2.14. The number of primary amides is 1. The van der Waals surface area contributed by atoms with Crippen LogP contribution in [0.2, 0.25) is 0 Å². The maximum Gasteiger partial charge on any atom is 0.416 e. The summed E-state index contributed by atoms with van der Waals surface area (Å²) in [5, 5.41) is 11.9. The van der Waals surface area contributed by atoms with Crippen LogP contribution in [0.1, 0.15) is 16.1 Å². The number of H-pyrrole nitrogens is 1. The van der Waals surface area contributed by atoms with Crippen molar-refractivity contribution in [3.8, 4) is 0 Å². The third-order valence-electron chi connectivity index (χ3n) is 2.41. The number of carbonyl (C=O) groups is 1. The monoisotopic (exact) mass is 286 g/mol. The van der Waals surface area contributed by atoms with E-state index in [1.165, 1.54) is 0 Å². The predicted molar refractivity (Wildman–Crippen MR) is 64.0 cm³/mol. The number of benzene rings is 1. The molecule has 0 aliphatic rings. The fourth-order valence-electron chi connectivity index (χ4n) is 1.47. The summed E-state index contributed by atoms with van der Waals surface area (Å²) in [4.78, 5) is 11.0. The van der Waals surface area contributed by atoms with Gasteiger partial charge in [0, 0.05) is 0 Å². The molecule has 20 heavy (non-hydrogen) atoms. The molecule has 0 radical (unpaired) electrons. The number of nitrogens with zero attached hydrogens (tertiary/aromatic N) is 2. The van der Waals surface area contributed by atoms with Crippen molar-refractivity contribution in [1.82, 2.24) is 15.4 Å². The van der Waals surface area contributed by atoms with Crippen LogP contribution in [0.3, 0.4) is 0 Å². The fourth-order valence-corrected chi connectivity index (χ4v) is 1.47. The van der Waals surface area contributed by atoms with Crippen LogP contribution < -0.4 is 16.8 Å². The van der Waals surface area contributed by atoms with Crippen LogP contribution in [0, 0.1) is 0 Å². The molecule has 0 bridgehead atoms. The summed E-state index contributed by atoms with van der Waals surface area (Å²) in [6.07, 6.45) is -4.49. The van der Waals surface area contributed by atoms with Gasteiger partial charge in [0.2, 0.25) is 0 Å². The maximum absolute atomic E-state index is 12.5. The molecule has 2 rings (SSSR count). The Kier molecular flexibility index (Phi) is 3.22. The SMILES string of the molecule is NC(=O)c1n[nH]nc1Nc1ccc(C(F)(F)F)cc1N. The van der Waals surface area contributed by atoms with E-state index < -0.39 is 17.6 Å². The minimum atomic E-state index is -4.49. The number of alkyl halides is 3. The summed E-state index contributed by atoms with van der Waals surface area (Å²) in [6, 6.07) is 2.74. The molecule has 0 atom stereocenters. The standard InChI is InChI=1S/C10H9F3N6O/c11-10(12,13)4-1-2-6(5(14)3-4)16-9-7(8(15)20)17-19-18-9/h1-3H,14H2,(H2,15,20)(H2,16,17,18,19). The third-order valence-corrected chi connectivity index (χ3v) is 2.41. The Morgan fingerprint density at radius 2 is 2.00 bits per heavy atom. The van der Waals surface area contributed by atoms with Crippen molar-refractivity contribution in [2.45, 2.75) is 6.18 Å². The average molecular weight is 286 g/mol. The van der Waals surface area contributed by atoms with Crippen molar-refractivity contribution in [2.24, 2.45) is 5.73 Å². The molecule has 106 valence electrons. The lowest BCUT2D eigenvalue weighted by molar-refractivity contribution is -0.137. The summed E-state index contributed by atoms with van der Waals surface area (Å²) >= 11 is 0. The number of anilines is 3. The first kappa shape index (κ1) is 13.6. The molecule has 0 saturated heterocycles. The zero-order chi connectivity index (χ0) is 14.9. The van der Waals surface area contributed by atoms with Crippen molar-refractivity contribution in [2.75, 3.05) is 11.1 Å². The molecule has 1 heterocycles. The lowest BCUT2D eigenvalue weighted by Gasteiger charge is -2.11. The zero-order valence-electron chi connectivity index (χ0n) is 9.82. The smallest absolute Gasteiger partial charge is 0.397 e. The molecule has 6 N–H and O–H groups in total. The van der Waals surface area contributed by atoms with Gasteiger partial charge in [-0.25, -0.2) is 0 Å². The van der Waals surface area contributed by atoms with Crippen molar-refractivity contribution in [3.63, 3.8) is 0 Å². The van der Waals surface area contributed by atoms with Crippen LogP contribution in [0.15, 0.2) is 18.2 Å². The quantitative estimate of drug-likeness (QED) is 0.632. The Labute approximate surface area is 110 Å². The summed E-state index contributed by atoms with van der Waals surface area (Å²) in [7, 11) is 0. The van der Waals surface area contributed by atoms with Crippen LogP contribution in [0.5, 0.6) is 0 Å². The van der Waals surface area contributed by atoms with Gasteiger partial charge < -0.3 is 16.8 Å². The highest BCUT2D eigenvalue weighted by Crippen LogP contribution is 2.33. The number of carbonyl (C=O) groups excluding carboxylic acids is 1. The minimum absolute atomic E-state index is 0.0241. The maximum atomic E-state index is 12.5. The van der Waals surface area contributed by atoms with Gasteiger partial charge in [-0.2, -0.15) is 18.4 Å². The Balaban J connectivity index is 2.31. The number of aromatic nitrogens is 3. The van der Waals surface area contributed by atoms with Crippen LogP contribution in [0.4, 0.5) is 30.4 Å². The number of hydrogen-bond donors (Lipinski definition) is 4. The Hall–Kier alpha value is -2.78. The molecule has 1 aromatic heterocycles. The van der Waals surface area contributed by atoms with Gasteiger partial charge in [-0.1, -0.05) is 0 Å². The molecule has 0 aliphatic carbocycles. The second kappa shape index (κ2) is 4.72. The fraction of sp³-hybridized carbons (Fsp3) is 0.100. The lowest BCUT2D eigenvalue weighted by atomic mass is 10.1. The first-order valence-corrected chi connectivity index (χ1v) is 5.23. The molecular formula is C10H9F3N6O. The summed E-state index contributed by atoms with van der Waals surface area (Å²) in [5.74, 6) is -0.865. The van der Waals surface area contributed by atoms with E-state index in [4.69, 9.17) is 11.5 Å². The normalized spacial score (nSPS) is 11.3. The highest BCUT2D eigenvalue weighted by Gasteiger charge is 2.30. The average Bonchev–Trinajstić information content (AvgIpc) is 2.78. The first-order valence-electron chi connectivity index (χ1n) is 5.23. The van der Waals surface area contributed by atoms with Crippen molar-refractivity contribution in [1.29, 1.82) is 0 Å². The largest absolute Gasteiger partial charge is 0.416 e. The van der Waals surface area contributed by atoms with Crippen molar-refractivity contribution < 1.29 is 18.0 Å². The third kappa shape index (κ3) is 2.63. The second-order valence-electron chi connectivity index (χ2n) is 3.81. The van der Waals surface area contributed by atoms with Gasteiger partial charge in [-0.3, -0.25) is 4.79 Å². The van der Waals surface area contributed by atoms with Gasteiger partial charge in [0.25, 0.3) is 5.91 Å². The Bertz CT molecular complexity index is 651. The van der Waals surface area contributed by atoms with Crippen molar-refractivity contribution >= 4 is 23.1 Å². The summed E-state index contributed by atoms with van der Waals surface area (Å²) in [6.45, 7) is 0. The van der Waals surface area contributed by atoms with Crippen LogP contribution in [0.25, 0.3) is 0 Å². The molecule has 0 aliphatic heterocycles. The van der Waals surface area contributed by atoms with E-state index in [-0.39, 0.29) is 22.9 Å². The van der Waals surface area contributed by atoms with E-state index in [9.17, 15) is 18.0 Å². The number of nitrogen functional groups attached to an aromatic ring is 1. The topological polar surface area (TPSA) is 123 Å². The molecule has 10 heteroatoms. The van der Waals surface area contributed by atoms with Crippen molar-refractivity contribution in [3.05, 3.63) is 29.5 Å². The molecule has 7 nitrogen and oxygen atoms in total. The van der Waals surface area contributed by atoms with E-state index in [0.717, 1.165) is 18.2 Å². The molecule has 0 unspecified atom stereocenters. The van der Waals surface area contributed by atoms with Gasteiger partial charge in [-0.05, 0) is 18.2 Å². The number of nitrogens with one attached hydrogen (secondary N) is 2. The molecular weight excluding hydrogens is 277 g/mol. The Morgan fingerprint density at radius 1 is 1.30 bits per heavy atom. The number of aromatic amines is 1. The molecule has 0 spiro atoms. The van der Waals surface area contributed by atoms with Crippen LogP contribution in [-0.4, -0.2) is 21.3 Å². The predicted octanol–water partition coefficient (Wildman–Crippen LogP) is 1.25. The number of halogens is 3. The molecule has 2 aromatic rings. The highest BCUT2D eigenvalue weighted by atomic mass is 19.4. The molecule has 0 fully saturated rings. The Morgan fingerprint density at radius 3 is 2.55 bits per heavy atom. The van der Waals surface area contributed by atoms with E-state index in [1.807, 2.05) is 0 Å². The van der Waals surface area contributed by atoms with E-state index in [1.54, 1.807) is 0 Å². The first-order chi connectivity index (χ1) is 9.29. The van der Waals surface area contributed by atoms with E-state index in [2.05, 4.69) is 20.7 Å². The second-order valence-corrected chi connectivity index (χ2v) is 3.81. The highest BCUT2D eigenvalue weighted by molar-refractivity contribution is 5.96. The van der Waals surface area contributed by atoms with Crippen LogP contribution >= 0.6 is 0 Å². The van der Waals surface area contributed by atoms with Gasteiger partial charge in [0.15, 0.2) is 11.5 Å². The summed E-state index contributed by atoms with van der Waals surface area (Å²) < 4.78 is 37.4. The summed E-state index contributed by atoms with van der Waals surface area (Å²) in [5.41, 5.74) is 9.51. The van der Waals surface area contributed by atoms with E-state index in [0.29, 0.717) is 0 Å². The molecule has 1 amide bonds. The molecule has 0 saturated carbocycles. The number of rotatable bonds is 3. The number of hydrogen-bond acceptors (Lipinski definition) is 5. The molecule has 1 aromatic carbocycles. The van der Waals surface area contributed by atoms with Gasteiger partial charge >= 0.3 is 6.18 Å². The van der Waals surface area contributed by atoms with Gasteiger partial charge in [-0.15, -0.1) is 10.2 Å². The minimum Gasteiger partial charge on any atom is -0.397 e. The van der Waals surface area contributed by atoms with Gasteiger partial charge in [0.1, 0.15) is 0 Å². The van der Waals surface area contributed by atoms with Crippen LogP contribution in [-0.2, 0) is 6.18 Å². The number of nitrogens with two attached hydrogens (primary N) is 2. The van der Waals surface area contributed by atoms with E-state index >= 15 is 0 Å².